The van der Waals surface area contributed by atoms with E-state index in [1.165, 1.54) is 21.9 Å². The van der Waals surface area contributed by atoms with Crippen molar-refractivity contribution in [2.45, 2.75) is 18.9 Å². The Kier molecular flexibility index (Phi) is 3.04. The first-order chi connectivity index (χ1) is 10.3. The molecular formula is C18H15ClN2. The van der Waals surface area contributed by atoms with Crippen LogP contribution in [0.2, 0.25) is 5.02 Å². The van der Waals surface area contributed by atoms with E-state index in [-0.39, 0.29) is 0 Å². The van der Waals surface area contributed by atoms with E-state index in [0.29, 0.717) is 6.04 Å². The van der Waals surface area contributed by atoms with Crippen LogP contribution >= 0.6 is 11.6 Å². The molecule has 104 valence electrons. The second-order valence-electron chi connectivity index (χ2n) is 5.56. The van der Waals surface area contributed by atoms with Crippen molar-refractivity contribution >= 4 is 28.1 Å². The summed E-state index contributed by atoms with van der Waals surface area (Å²) in [6.45, 7) is 0. The molecular weight excluding hydrogens is 280 g/mol. The third-order valence-corrected chi connectivity index (χ3v) is 4.38. The van der Waals surface area contributed by atoms with Crippen molar-refractivity contribution < 1.29 is 0 Å². The highest BCUT2D eigenvalue weighted by Gasteiger charge is 2.21. The molecule has 0 bridgehead atoms. The van der Waals surface area contributed by atoms with Gasteiger partial charge in [0.05, 0.1) is 0 Å². The van der Waals surface area contributed by atoms with Crippen molar-refractivity contribution in [2.75, 3.05) is 5.32 Å². The van der Waals surface area contributed by atoms with Crippen molar-refractivity contribution in [3.8, 4) is 0 Å². The topological polar surface area (TPSA) is 24.9 Å². The van der Waals surface area contributed by atoms with E-state index in [2.05, 4.69) is 40.6 Å². The highest BCUT2D eigenvalue weighted by atomic mass is 35.5. The summed E-state index contributed by atoms with van der Waals surface area (Å²) in [5.74, 6) is 0. The zero-order chi connectivity index (χ0) is 14.2. The Hall–Kier alpha value is -2.06. The number of aromatic nitrogens is 1. The first-order valence-electron chi connectivity index (χ1n) is 7.16. The number of hydrogen-bond donors (Lipinski definition) is 1. The number of hydrogen-bond acceptors (Lipinski definition) is 2. The molecule has 1 aliphatic rings. The van der Waals surface area contributed by atoms with Gasteiger partial charge in [-0.25, -0.2) is 0 Å². The maximum absolute atomic E-state index is 6.08. The Balaban J connectivity index is 1.62. The highest BCUT2D eigenvalue weighted by molar-refractivity contribution is 6.30. The molecule has 1 aliphatic carbocycles. The normalized spacial score (nSPS) is 16.9. The summed E-state index contributed by atoms with van der Waals surface area (Å²) in [7, 11) is 0. The van der Waals surface area contributed by atoms with Gasteiger partial charge in [-0.05, 0) is 53.6 Å². The monoisotopic (exact) mass is 294 g/mol. The molecule has 0 radical (unpaired) electrons. The Morgan fingerprint density at radius 2 is 1.95 bits per heavy atom. The lowest BCUT2D eigenvalue weighted by Crippen LogP contribution is -2.19. The van der Waals surface area contributed by atoms with E-state index >= 15 is 0 Å². The molecule has 0 spiro atoms. The Labute approximate surface area is 128 Å². The van der Waals surface area contributed by atoms with Crippen molar-refractivity contribution in [2.24, 2.45) is 0 Å². The van der Waals surface area contributed by atoms with Crippen LogP contribution in [0.25, 0.3) is 10.8 Å². The van der Waals surface area contributed by atoms with Gasteiger partial charge in [0.1, 0.15) is 0 Å². The van der Waals surface area contributed by atoms with Crippen LogP contribution in [-0.2, 0) is 12.8 Å². The molecule has 0 saturated carbocycles. The van der Waals surface area contributed by atoms with E-state index in [1.54, 1.807) is 0 Å². The first kappa shape index (κ1) is 12.7. The summed E-state index contributed by atoms with van der Waals surface area (Å²) in [4.78, 5) is 4.24. The van der Waals surface area contributed by atoms with Gasteiger partial charge in [0, 0.05) is 34.5 Å². The van der Waals surface area contributed by atoms with Crippen LogP contribution < -0.4 is 5.32 Å². The molecule has 2 aromatic carbocycles. The van der Waals surface area contributed by atoms with Crippen LogP contribution in [0, 0.1) is 0 Å². The van der Waals surface area contributed by atoms with Crippen LogP contribution in [0.5, 0.6) is 0 Å². The van der Waals surface area contributed by atoms with Crippen molar-refractivity contribution in [3.63, 3.8) is 0 Å². The molecule has 1 heterocycles. The smallest absolute Gasteiger partial charge is 0.0437 e. The predicted molar refractivity (Wildman–Crippen MR) is 88.0 cm³/mol. The van der Waals surface area contributed by atoms with Gasteiger partial charge in [0.25, 0.3) is 0 Å². The Morgan fingerprint density at radius 3 is 2.90 bits per heavy atom. The second-order valence-corrected chi connectivity index (χ2v) is 6.00. The van der Waals surface area contributed by atoms with Crippen molar-refractivity contribution in [1.29, 1.82) is 0 Å². The van der Waals surface area contributed by atoms with Gasteiger partial charge in [-0.15, -0.1) is 0 Å². The molecule has 4 rings (SSSR count). The van der Waals surface area contributed by atoms with E-state index in [9.17, 15) is 0 Å². The second kappa shape index (κ2) is 5.05. The fraction of sp³-hybridized carbons (Fsp3) is 0.167. The lowest BCUT2D eigenvalue weighted by atomic mass is 10.1. The van der Waals surface area contributed by atoms with Crippen molar-refractivity contribution in [3.05, 3.63) is 71.0 Å². The van der Waals surface area contributed by atoms with Crippen LogP contribution in [0.1, 0.15) is 11.1 Å². The van der Waals surface area contributed by atoms with Gasteiger partial charge < -0.3 is 5.32 Å². The Morgan fingerprint density at radius 1 is 1.05 bits per heavy atom. The molecule has 2 nitrogen and oxygen atoms in total. The van der Waals surface area contributed by atoms with E-state index in [0.717, 1.165) is 23.6 Å². The summed E-state index contributed by atoms with van der Waals surface area (Å²) < 4.78 is 0. The fourth-order valence-electron chi connectivity index (χ4n) is 3.15. The van der Waals surface area contributed by atoms with Crippen LogP contribution in [-0.4, -0.2) is 11.0 Å². The number of rotatable bonds is 2. The van der Waals surface area contributed by atoms with Crippen LogP contribution in [0.3, 0.4) is 0 Å². The average Bonchev–Trinajstić information content (AvgIpc) is 2.89. The molecule has 1 atom stereocenters. The molecule has 0 amide bonds. The van der Waals surface area contributed by atoms with E-state index in [4.69, 9.17) is 11.6 Å². The van der Waals surface area contributed by atoms with Gasteiger partial charge in [-0.1, -0.05) is 29.8 Å². The quantitative estimate of drug-likeness (QED) is 0.754. The zero-order valence-electron chi connectivity index (χ0n) is 11.5. The molecule has 0 fully saturated rings. The molecule has 3 heteroatoms. The minimum Gasteiger partial charge on any atom is -0.381 e. The minimum absolute atomic E-state index is 0.421. The Bertz CT molecular complexity index is 808. The largest absolute Gasteiger partial charge is 0.381 e. The van der Waals surface area contributed by atoms with Gasteiger partial charge >= 0.3 is 0 Å². The minimum atomic E-state index is 0.421. The SMILES string of the molecule is Clc1ccc2c(c1)CC(Nc1cccc3ccncc13)C2. The number of nitrogens with one attached hydrogen (secondary N) is 1. The van der Waals surface area contributed by atoms with Crippen molar-refractivity contribution in [1.82, 2.24) is 4.98 Å². The average molecular weight is 295 g/mol. The third-order valence-electron chi connectivity index (χ3n) is 4.14. The summed E-state index contributed by atoms with van der Waals surface area (Å²) in [5.41, 5.74) is 3.91. The summed E-state index contributed by atoms with van der Waals surface area (Å²) in [5, 5.41) is 6.88. The summed E-state index contributed by atoms with van der Waals surface area (Å²) >= 11 is 6.08. The van der Waals surface area contributed by atoms with Gasteiger partial charge in [-0.2, -0.15) is 0 Å². The molecule has 1 unspecified atom stereocenters. The van der Waals surface area contributed by atoms with Gasteiger partial charge in [0.15, 0.2) is 0 Å². The lowest BCUT2D eigenvalue weighted by Gasteiger charge is -2.15. The number of halogens is 1. The molecule has 3 aromatic rings. The van der Waals surface area contributed by atoms with Crippen LogP contribution in [0.4, 0.5) is 5.69 Å². The zero-order valence-corrected chi connectivity index (χ0v) is 12.3. The standard InChI is InChI=1S/C18H15ClN2/c19-15-5-4-13-9-16(10-14(13)8-15)21-18-3-1-2-12-6-7-20-11-17(12)18/h1-8,11,16,21H,9-10H2. The van der Waals surface area contributed by atoms with Crippen LogP contribution in [0.15, 0.2) is 54.9 Å². The number of benzene rings is 2. The predicted octanol–water partition coefficient (Wildman–Crippen LogP) is 4.47. The third kappa shape index (κ3) is 2.36. The summed E-state index contributed by atoms with van der Waals surface area (Å²) in [6, 6.07) is 15.0. The molecule has 0 aliphatic heterocycles. The maximum Gasteiger partial charge on any atom is 0.0437 e. The number of fused-ring (bicyclic) bond motifs is 2. The number of anilines is 1. The molecule has 21 heavy (non-hydrogen) atoms. The van der Waals surface area contributed by atoms with E-state index in [1.807, 2.05) is 24.5 Å². The maximum atomic E-state index is 6.08. The van der Waals surface area contributed by atoms with Gasteiger partial charge in [0.2, 0.25) is 0 Å². The highest BCUT2D eigenvalue weighted by Crippen LogP contribution is 2.29. The van der Waals surface area contributed by atoms with Gasteiger partial charge in [-0.3, -0.25) is 4.98 Å². The first-order valence-corrected chi connectivity index (χ1v) is 7.54. The lowest BCUT2D eigenvalue weighted by molar-refractivity contribution is 0.775. The number of nitrogens with zero attached hydrogens (tertiary/aromatic N) is 1. The molecule has 1 N–H and O–H groups in total. The van der Waals surface area contributed by atoms with E-state index < -0.39 is 0 Å². The fourth-order valence-corrected chi connectivity index (χ4v) is 3.34. The molecule has 0 saturated heterocycles. The summed E-state index contributed by atoms with van der Waals surface area (Å²) in [6.07, 6.45) is 5.83. The number of pyridine rings is 1. The molecule has 1 aromatic heterocycles.